The average Bonchev–Trinajstić information content (AvgIpc) is 3.44. The number of ether oxygens (including phenoxy) is 2. The predicted octanol–water partition coefficient (Wildman–Crippen LogP) is 6.71. The second-order valence-electron chi connectivity index (χ2n) is 10.1. The Kier molecular flexibility index (Phi) is 10.1. The summed E-state index contributed by atoms with van der Waals surface area (Å²) in [6.07, 6.45) is 5.98. The number of alkyl halides is 3. The molecule has 1 aliphatic heterocycles. The number of anilines is 1. The van der Waals surface area contributed by atoms with Crippen molar-refractivity contribution in [2.45, 2.75) is 67.5 Å². The lowest BCUT2D eigenvalue weighted by Gasteiger charge is -2.43. The molecule has 206 valence electrons. The van der Waals surface area contributed by atoms with E-state index >= 15 is 0 Å². The maximum atomic E-state index is 12.0. The molecule has 1 aliphatic carbocycles. The highest BCUT2D eigenvalue weighted by Crippen LogP contribution is 2.42. The highest BCUT2D eigenvalue weighted by Gasteiger charge is 2.40. The molecule has 38 heavy (non-hydrogen) atoms. The fraction of sp³-hybridized carbons (Fsp3) is 0.483. The number of rotatable bonds is 9. The largest absolute Gasteiger partial charge is 0.392 e. The van der Waals surface area contributed by atoms with E-state index in [1.165, 1.54) is 25.7 Å². The smallest absolute Gasteiger partial charge is 0.276 e. The van der Waals surface area contributed by atoms with E-state index in [1.807, 2.05) is 42.5 Å². The van der Waals surface area contributed by atoms with Crippen LogP contribution >= 0.6 is 34.8 Å². The minimum absolute atomic E-state index is 0.00518. The zero-order chi connectivity index (χ0) is 27.3. The zero-order valence-corrected chi connectivity index (χ0v) is 23.8. The van der Waals surface area contributed by atoms with Crippen molar-refractivity contribution in [1.29, 1.82) is 0 Å². The van der Waals surface area contributed by atoms with Gasteiger partial charge in [0.15, 0.2) is 6.29 Å². The summed E-state index contributed by atoms with van der Waals surface area (Å²) >= 11 is 17.0. The van der Waals surface area contributed by atoms with Crippen LogP contribution in [0.1, 0.15) is 61.7 Å². The Bertz CT molecular complexity index is 1070. The highest BCUT2D eigenvalue weighted by atomic mass is 35.6. The van der Waals surface area contributed by atoms with Crippen LogP contribution in [-0.2, 0) is 20.9 Å². The van der Waals surface area contributed by atoms with Crippen LogP contribution in [0.3, 0.4) is 0 Å². The molecule has 6 nitrogen and oxygen atoms in total. The molecule has 1 saturated carbocycles. The third kappa shape index (κ3) is 7.30. The summed E-state index contributed by atoms with van der Waals surface area (Å²) in [6.45, 7) is 7.74. The molecule has 0 radical (unpaired) electrons. The summed E-state index contributed by atoms with van der Waals surface area (Å²) < 4.78 is 11.1. The number of benzene rings is 2. The molecule has 4 atom stereocenters. The van der Waals surface area contributed by atoms with E-state index in [-0.39, 0.29) is 24.7 Å². The number of nitrogens with zero attached hydrogens (tertiary/aromatic N) is 1. The van der Waals surface area contributed by atoms with Crippen molar-refractivity contribution in [3.63, 3.8) is 0 Å². The molecule has 1 heterocycles. The van der Waals surface area contributed by atoms with Crippen molar-refractivity contribution in [2.24, 2.45) is 5.92 Å². The van der Waals surface area contributed by atoms with E-state index in [0.717, 1.165) is 29.8 Å². The molecule has 2 N–H and O–H groups in total. The molecular weight excluding hydrogens is 547 g/mol. The summed E-state index contributed by atoms with van der Waals surface area (Å²) in [5.74, 6) is -0.641. The van der Waals surface area contributed by atoms with Crippen molar-refractivity contribution in [2.75, 3.05) is 18.4 Å². The molecule has 1 amide bonds. The van der Waals surface area contributed by atoms with Crippen molar-refractivity contribution < 1.29 is 19.4 Å². The van der Waals surface area contributed by atoms with E-state index in [0.29, 0.717) is 11.7 Å². The lowest BCUT2D eigenvalue weighted by molar-refractivity contribution is -0.276. The molecule has 0 bridgehead atoms. The SMILES string of the molecule is C=CCN(C[C@H]1O[C@@H](c2ccc(NC(=O)C(Cl)(Cl)Cl)cc2)O[C@@H](c2ccc(CO)cc2)[C@H]1C)C1CCCC1. The van der Waals surface area contributed by atoms with E-state index in [2.05, 4.69) is 23.7 Å². The Morgan fingerprint density at radius 1 is 1.08 bits per heavy atom. The summed E-state index contributed by atoms with van der Waals surface area (Å²) in [5, 5.41) is 12.1. The topological polar surface area (TPSA) is 71.0 Å². The first-order valence-corrected chi connectivity index (χ1v) is 14.2. The number of nitrogens with one attached hydrogen (secondary N) is 1. The Hall–Kier alpha value is -1.64. The second-order valence-corrected chi connectivity index (χ2v) is 12.4. The molecule has 0 aromatic heterocycles. The number of aliphatic hydroxyl groups is 1. The van der Waals surface area contributed by atoms with Gasteiger partial charge in [-0.05, 0) is 36.1 Å². The maximum absolute atomic E-state index is 12.0. The first kappa shape index (κ1) is 29.3. The van der Waals surface area contributed by atoms with Gasteiger partial charge in [0.25, 0.3) is 9.70 Å². The van der Waals surface area contributed by atoms with Crippen LogP contribution in [0, 0.1) is 5.92 Å². The quantitative estimate of drug-likeness (QED) is 0.254. The lowest BCUT2D eigenvalue weighted by Crippen LogP contribution is -2.47. The third-order valence-corrected chi connectivity index (χ3v) is 7.96. The predicted molar refractivity (Wildman–Crippen MR) is 152 cm³/mol. The number of amides is 1. The summed E-state index contributed by atoms with van der Waals surface area (Å²) in [6, 6.07) is 15.6. The molecule has 0 spiro atoms. The van der Waals surface area contributed by atoms with Crippen LogP contribution in [0.25, 0.3) is 0 Å². The zero-order valence-electron chi connectivity index (χ0n) is 21.5. The standard InChI is InChI=1S/C29H35Cl3N2O4/c1-3-16-34(24-6-4-5-7-24)17-25-19(2)26(21-10-8-20(18-35)9-11-21)38-27(37-25)22-12-14-23(15-13-22)33-28(36)29(30,31)32/h3,8-15,19,24-27,35H,1,4-7,16-18H2,2H3,(H,33,36)/t19-,25+,26+,27+/m0/s1. The van der Waals surface area contributed by atoms with Gasteiger partial charge in [0.2, 0.25) is 0 Å². The van der Waals surface area contributed by atoms with Gasteiger partial charge in [-0.25, -0.2) is 0 Å². The van der Waals surface area contributed by atoms with Gasteiger partial charge in [-0.3, -0.25) is 9.69 Å². The maximum Gasteiger partial charge on any atom is 0.276 e. The molecule has 0 unspecified atom stereocenters. The molecule has 2 aliphatic rings. The van der Waals surface area contributed by atoms with Gasteiger partial charge in [-0.1, -0.05) is 97.0 Å². The van der Waals surface area contributed by atoms with Crippen molar-refractivity contribution in [3.8, 4) is 0 Å². The van der Waals surface area contributed by atoms with E-state index in [9.17, 15) is 9.90 Å². The van der Waals surface area contributed by atoms with Gasteiger partial charge < -0.3 is 19.9 Å². The normalized spacial score (nSPS) is 24.5. The van der Waals surface area contributed by atoms with Gasteiger partial charge in [0, 0.05) is 36.3 Å². The van der Waals surface area contributed by atoms with Gasteiger partial charge in [0.05, 0.1) is 18.8 Å². The number of hydrogen-bond acceptors (Lipinski definition) is 5. The Morgan fingerprint density at radius 2 is 1.71 bits per heavy atom. The minimum Gasteiger partial charge on any atom is -0.392 e. The fourth-order valence-electron chi connectivity index (χ4n) is 5.29. The van der Waals surface area contributed by atoms with E-state index in [4.69, 9.17) is 44.3 Å². The third-order valence-electron chi connectivity index (χ3n) is 7.44. The lowest BCUT2D eigenvalue weighted by atomic mass is 9.89. The van der Waals surface area contributed by atoms with Crippen LogP contribution in [0.4, 0.5) is 5.69 Å². The number of halogens is 3. The van der Waals surface area contributed by atoms with Crippen LogP contribution < -0.4 is 5.32 Å². The number of aliphatic hydroxyl groups excluding tert-OH is 1. The second kappa shape index (κ2) is 13.1. The molecule has 2 aromatic rings. The van der Waals surface area contributed by atoms with Crippen LogP contribution in [0.15, 0.2) is 61.2 Å². The highest BCUT2D eigenvalue weighted by molar-refractivity contribution is 6.76. The molecule has 1 saturated heterocycles. The molecule has 9 heteroatoms. The Labute approximate surface area is 239 Å². The summed E-state index contributed by atoms with van der Waals surface area (Å²) in [4.78, 5) is 14.5. The van der Waals surface area contributed by atoms with Crippen molar-refractivity contribution in [1.82, 2.24) is 4.90 Å². The van der Waals surface area contributed by atoms with Crippen LogP contribution in [-0.4, -0.2) is 44.9 Å². The van der Waals surface area contributed by atoms with Gasteiger partial charge >= 0.3 is 0 Å². The molecule has 2 fully saturated rings. The Balaban J connectivity index is 1.58. The number of hydrogen-bond donors (Lipinski definition) is 2. The minimum atomic E-state index is -2.05. The van der Waals surface area contributed by atoms with E-state index in [1.54, 1.807) is 12.1 Å². The fourth-order valence-corrected chi connectivity index (χ4v) is 5.43. The van der Waals surface area contributed by atoms with Crippen LogP contribution in [0.5, 0.6) is 0 Å². The van der Waals surface area contributed by atoms with Gasteiger partial charge in [-0.15, -0.1) is 6.58 Å². The van der Waals surface area contributed by atoms with Crippen LogP contribution in [0.2, 0.25) is 0 Å². The molecule has 4 rings (SSSR count). The van der Waals surface area contributed by atoms with Crippen molar-refractivity contribution >= 4 is 46.4 Å². The Morgan fingerprint density at radius 3 is 2.29 bits per heavy atom. The number of carbonyl (C=O) groups is 1. The van der Waals surface area contributed by atoms with Crippen molar-refractivity contribution in [3.05, 3.63) is 77.9 Å². The van der Waals surface area contributed by atoms with Gasteiger partial charge in [0.1, 0.15) is 0 Å². The summed E-state index contributed by atoms with van der Waals surface area (Å²) in [7, 11) is 0. The monoisotopic (exact) mass is 580 g/mol. The molecule has 2 aromatic carbocycles. The number of carbonyl (C=O) groups excluding carboxylic acids is 1. The van der Waals surface area contributed by atoms with E-state index < -0.39 is 16.0 Å². The van der Waals surface area contributed by atoms with Gasteiger partial charge in [-0.2, -0.15) is 0 Å². The first-order valence-electron chi connectivity index (χ1n) is 13.0. The molecular formula is C29H35Cl3N2O4. The summed E-state index contributed by atoms with van der Waals surface area (Å²) in [5.41, 5.74) is 3.21. The first-order chi connectivity index (χ1) is 18.2. The average molecular weight is 582 g/mol.